The molecule has 2 radical (unpaired) electrons. The Bertz CT molecular complexity index is 535. The van der Waals surface area contributed by atoms with Crippen molar-refractivity contribution in [2.75, 3.05) is 27.2 Å². The third-order valence-corrected chi connectivity index (χ3v) is 5.11. The third-order valence-electron chi connectivity index (χ3n) is 5.11. The molecule has 1 saturated heterocycles. The number of Topliss-reactive ketones (excluding diaryl/α,β-unsaturated/α-hetero) is 1. The molecule has 0 spiro atoms. The van der Waals surface area contributed by atoms with Crippen molar-refractivity contribution in [1.82, 2.24) is 15.0 Å². The van der Waals surface area contributed by atoms with Crippen molar-refractivity contribution in [3.63, 3.8) is 0 Å². The van der Waals surface area contributed by atoms with Crippen LogP contribution in [0, 0.1) is 11.8 Å². The van der Waals surface area contributed by atoms with E-state index in [1.807, 2.05) is 0 Å². The van der Waals surface area contributed by atoms with Crippen molar-refractivity contribution < 1.29 is 23.2 Å². The van der Waals surface area contributed by atoms with Crippen LogP contribution in [0.2, 0.25) is 0 Å². The zero-order valence-corrected chi connectivity index (χ0v) is 14.6. The fourth-order valence-electron chi connectivity index (χ4n) is 3.68. The van der Waals surface area contributed by atoms with E-state index < -0.39 is 30.3 Å². The molecule has 1 aliphatic carbocycles. The molecule has 2 atom stereocenters. The van der Waals surface area contributed by atoms with Crippen molar-refractivity contribution >= 4 is 25.6 Å². The van der Waals surface area contributed by atoms with Gasteiger partial charge in [0, 0.05) is 39.9 Å². The van der Waals surface area contributed by atoms with Crippen LogP contribution in [0.1, 0.15) is 32.1 Å². The number of nitrogens with zero attached hydrogens (tertiary/aromatic N) is 2. The van der Waals surface area contributed by atoms with Crippen LogP contribution >= 0.6 is 0 Å². The van der Waals surface area contributed by atoms with Gasteiger partial charge in [0.2, 0.25) is 11.8 Å². The van der Waals surface area contributed by atoms with E-state index in [0.29, 0.717) is 25.7 Å². The lowest BCUT2D eigenvalue weighted by Gasteiger charge is -2.36. The fraction of sp³-hybridized carbons (Fsp3) is 0.812. The van der Waals surface area contributed by atoms with E-state index in [9.17, 15) is 23.2 Å². The predicted molar refractivity (Wildman–Crippen MR) is 88.0 cm³/mol. The molecule has 0 bridgehead atoms. The Hall–Kier alpha value is -1.51. The first-order chi connectivity index (χ1) is 11.7. The van der Waals surface area contributed by atoms with Crippen LogP contribution in [0.15, 0.2) is 0 Å². The number of carbonyl (C=O) groups is 3. The summed E-state index contributed by atoms with van der Waals surface area (Å²) in [5, 5.41) is 2.38. The highest BCUT2D eigenvalue weighted by molar-refractivity contribution is 6.07. The van der Waals surface area contributed by atoms with Gasteiger partial charge in [0.25, 0.3) is 5.92 Å². The van der Waals surface area contributed by atoms with Crippen LogP contribution in [-0.4, -0.2) is 74.5 Å². The van der Waals surface area contributed by atoms with Crippen molar-refractivity contribution in [1.29, 1.82) is 0 Å². The predicted octanol–water partition coefficient (Wildman–Crippen LogP) is 0.359. The first-order valence-corrected chi connectivity index (χ1v) is 8.52. The average Bonchev–Trinajstić information content (AvgIpc) is 2.92. The third kappa shape index (κ3) is 4.57. The maximum atomic E-state index is 13.4. The summed E-state index contributed by atoms with van der Waals surface area (Å²) in [6, 6.07) is -1.08. The summed E-state index contributed by atoms with van der Waals surface area (Å²) in [5.74, 6) is -4.63. The smallest absolute Gasteiger partial charge is 0.267 e. The molecule has 1 saturated carbocycles. The van der Waals surface area contributed by atoms with Crippen LogP contribution in [0.4, 0.5) is 8.78 Å². The zero-order valence-electron chi connectivity index (χ0n) is 14.6. The largest absolute Gasteiger partial charge is 0.355 e. The summed E-state index contributed by atoms with van der Waals surface area (Å²) in [5.41, 5.74) is 0. The molecule has 1 unspecified atom stereocenters. The molecular formula is C16H24BF2N3O3. The van der Waals surface area contributed by atoms with Crippen LogP contribution in [0.5, 0.6) is 0 Å². The molecule has 0 aromatic heterocycles. The number of carbonyl (C=O) groups excluding carboxylic acids is 3. The molecule has 2 amide bonds. The van der Waals surface area contributed by atoms with Crippen molar-refractivity contribution in [2.45, 2.75) is 44.1 Å². The van der Waals surface area contributed by atoms with Gasteiger partial charge >= 0.3 is 0 Å². The van der Waals surface area contributed by atoms with Crippen LogP contribution in [0.3, 0.4) is 0 Å². The maximum Gasteiger partial charge on any atom is 0.267 e. The van der Waals surface area contributed by atoms with E-state index in [4.69, 9.17) is 7.98 Å². The van der Waals surface area contributed by atoms with Gasteiger partial charge in [-0.15, -0.1) is 0 Å². The second-order valence-corrected chi connectivity index (χ2v) is 7.14. The first kappa shape index (κ1) is 19.8. The number of halogens is 2. The monoisotopic (exact) mass is 355 g/mol. The Morgan fingerprint density at radius 3 is 2.36 bits per heavy atom. The topological polar surface area (TPSA) is 69.7 Å². The molecule has 25 heavy (non-hydrogen) atoms. The number of nitrogens with one attached hydrogen (secondary N) is 1. The molecule has 1 heterocycles. The van der Waals surface area contributed by atoms with Gasteiger partial charge < -0.3 is 15.0 Å². The Labute approximate surface area is 147 Å². The summed E-state index contributed by atoms with van der Waals surface area (Å²) >= 11 is 0. The number of hydrogen-bond acceptors (Lipinski definition) is 4. The van der Waals surface area contributed by atoms with Crippen LogP contribution in [-0.2, 0) is 14.4 Å². The standard InChI is InChI=1S/C16H24BF2N3O3/c1-21(2)14(24)12(10-3-5-11(23)6-4-10)13(20-17)15(25)22-8-7-16(18,19)9-22/h10,12-13,20H,3-9H2,1-2H3/t12-,13?/m0/s1. The Kier molecular flexibility index (Phi) is 6.19. The van der Waals surface area contributed by atoms with Gasteiger partial charge in [-0.1, -0.05) is 0 Å². The lowest BCUT2D eigenvalue weighted by atomic mass is 9.74. The SMILES string of the molecule is [B]NC(C(=O)N1CCC(F)(F)C1)[C@@H](C(=O)N(C)C)C1CCC(=O)CC1. The van der Waals surface area contributed by atoms with E-state index in [0.717, 1.165) is 4.90 Å². The minimum Gasteiger partial charge on any atom is -0.355 e. The van der Waals surface area contributed by atoms with E-state index in [1.54, 1.807) is 14.1 Å². The van der Waals surface area contributed by atoms with Crippen molar-refractivity contribution in [3.05, 3.63) is 0 Å². The Balaban J connectivity index is 2.22. The molecule has 0 aromatic rings. The number of alkyl halides is 2. The fourth-order valence-corrected chi connectivity index (χ4v) is 3.68. The molecule has 9 heteroatoms. The second kappa shape index (κ2) is 7.80. The minimum absolute atomic E-state index is 0.0595. The van der Waals surface area contributed by atoms with Gasteiger partial charge in [0.1, 0.15) is 5.78 Å². The highest BCUT2D eigenvalue weighted by Gasteiger charge is 2.46. The molecule has 2 rings (SSSR count). The van der Waals surface area contributed by atoms with E-state index >= 15 is 0 Å². The molecule has 1 aliphatic heterocycles. The summed E-state index contributed by atoms with van der Waals surface area (Å²) in [6.07, 6.45) is 1.31. The second-order valence-electron chi connectivity index (χ2n) is 7.14. The Morgan fingerprint density at radius 1 is 1.32 bits per heavy atom. The molecule has 6 nitrogen and oxygen atoms in total. The van der Waals surface area contributed by atoms with Gasteiger partial charge in [-0.2, -0.15) is 0 Å². The summed E-state index contributed by atoms with van der Waals surface area (Å²) in [7, 11) is 8.71. The summed E-state index contributed by atoms with van der Waals surface area (Å²) < 4.78 is 26.9. The molecule has 138 valence electrons. The lowest BCUT2D eigenvalue weighted by molar-refractivity contribution is -0.145. The van der Waals surface area contributed by atoms with E-state index in [-0.39, 0.29) is 30.6 Å². The highest BCUT2D eigenvalue weighted by atomic mass is 19.3. The quantitative estimate of drug-likeness (QED) is 0.723. The summed E-state index contributed by atoms with van der Waals surface area (Å²) in [4.78, 5) is 39.4. The first-order valence-electron chi connectivity index (χ1n) is 8.52. The molecule has 2 aliphatic rings. The highest BCUT2D eigenvalue weighted by Crippen LogP contribution is 2.34. The van der Waals surface area contributed by atoms with Crippen molar-refractivity contribution in [2.24, 2.45) is 11.8 Å². The van der Waals surface area contributed by atoms with Crippen LogP contribution in [0.25, 0.3) is 0 Å². The number of likely N-dealkylation sites (tertiary alicyclic amines) is 1. The molecule has 1 N–H and O–H groups in total. The van der Waals surface area contributed by atoms with Crippen molar-refractivity contribution in [3.8, 4) is 0 Å². The molecule has 0 aromatic carbocycles. The van der Waals surface area contributed by atoms with Gasteiger partial charge in [0.05, 0.1) is 18.5 Å². The molecular weight excluding hydrogens is 331 g/mol. The van der Waals surface area contributed by atoms with Gasteiger partial charge in [0.15, 0.2) is 7.98 Å². The number of amides is 2. The normalized spacial score (nSPS) is 23.4. The van der Waals surface area contributed by atoms with Gasteiger partial charge in [-0.05, 0) is 18.8 Å². The van der Waals surface area contributed by atoms with Crippen LogP contribution < -0.4 is 5.23 Å². The zero-order chi connectivity index (χ0) is 18.8. The number of rotatable bonds is 5. The Morgan fingerprint density at radius 2 is 1.92 bits per heavy atom. The summed E-state index contributed by atoms with van der Waals surface area (Å²) in [6.45, 7) is -0.716. The van der Waals surface area contributed by atoms with E-state index in [1.165, 1.54) is 4.90 Å². The lowest BCUT2D eigenvalue weighted by Crippen LogP contribution is -2.55. The van der Waals surface area contributed by atoms with Gasteiger partial charge in [-0.3, -0.25) is 14.4 Å². The average molecular weight is 355 g/mol. The number of ketones is 1. The van der Waals surface area contributed by atoms with E-state index in [2.05, 4.69) is 5.23 Å². The van der Waals surface area contributed by atoms with Gasteiger partial charge in [-0.25, -0.2) is 8.78 Å². The molecule has 2 fully saturated rings. The number of hydrogen-bond donors (Lipinski definition) is 1. The minimum atomic E-state index is -2.91. The maximum absolute atomic E-state index is 13.4.